The molecule has 9 nitrogen and oxygen atoms in total. The van der Waals surface area contributed by atoms with Crippen LogP contribution >= 0.6 is 0 Å². The second-order valence-corrected chi connectivity index (χ2v) is 13.3. The maximum atomic E-state index is 12.7. The Morgan fingerprint density at radius 1 is 0.615 bits per heavy atom. The van der Waals surface area contributed by atoms with Gasteiger partial charge in [-0.3, -0.25) is 14.4 Å². The van der Waals surface area contributed by atoms with Gasteiger partial charge in [-0.2, -0.15) is 0 Å². The van der Waals surface area contributed by atoms with Crippen LogP contribution in [0.4, 0.5) is 0 Å². The molecule has 52 heavy (non-hydrogen) atoms. The maximum Gasteiger partial charge on any atom is 0.328 e. The number of allylic oxidation sites excluding steroid dienone is 9. The smallest absolute Gasteiger partial charge is 0.328 e. The summed E-state index contributed by atoms with van der Waals surface area (Å²) in [6.45, 7) is 3.33. The van der Waals surface area contributed by atoms with Gasteiger partial charge >= 0.3 is 11.9 Å². The van der Waals surface area contributed by atoms with Gasteiger partial charge in [-0.15, -0.1) is 0 Å². The highest BCUT2D eigenvalue weighted by molar-refractivity contribution is 5.87. The molecule has 0 aromatic rings. The van der Waals surface area contributed by atoms with Crippen molar-refractivity contribution in [2.45, 2.75) is 174 Å². The number of carbonyl (C=O) groups is 4. The minimum absolute atomic E-state index is 0.120. The summed E-state index contributed by atoms with van der Waals surface area (Å²) in [5, 5.41) is 22.5. The lowest BCUT2D eigenvalue weighted by Crippen LogP contribution is -2.47. The lowest BCUT2D eigenvalue weighted by atomic mass is 10.0. The highest BCUT2D eigenvalue weighted by Crippen LogP contribution is 2.15. The number of carbonyl (C=O) groups excluding carboxylic acids is 3. The lowest BCUT2D eigenvalue weighted by Gasteiger charge is -2.15. The molecule has 296 valence electrons. The predicted molar refractivity (Wildman–Crippen MR) is 213 cm³/mol. The van der Waals surface area contributed by atoms with Crippen LogP contribution < -0.4 is 10.6 Å². The van der Waals surface area contributed by atoms with Crippen LogP contribution in [0.25, 0.3) is 0 Å². The Morgan fingerprint density at radius 3 is 1.79 bits per heavy atom. The molecule has 0 aliphatic heterocycles. The Hall–Kier alpha value is -3.46. The Labute approximate surface area is 315 Å². The average Bonchev–Trinajstić information content (AvgIpc) is 3.13. The molecule has 0 radical (unpaired) electrons. The fourth-order valence-electron chi connectivity index (χ4n) is 5.38. The Balaban J connectivity index is 4.33. The Bertz CT molecular complexity index is 1060. The number of carboxylic acid groups (broad SMARTS) is 1. The molecule has 0 heterocycles. The summed E-state index contributed by atoms with van der Waals surface area (Å²) in [5.41, 5.74) is 0. The fraction of sp³-hybridized carbons (Fsp3) is 0.674. The quantitative estimate of drug-likeness (QED) is 0.0289. The average molecular weight is 729 g/mol. The van der Waals surface area contributed by atoms with Crippen LogP contribution in [0.1, 0.15) is 162 Å². The molecule has 2 amide bonds. The summed E-state index contributed by atoms with van der Waals surface area (Å²) in [7, 11) is 0. The first kappa shape index (κ1) is 48.5. The minimum atomic E-state index is -1.38. The summed E-state index contributed by atoms with van der Waals surface area (Å²) in [5.74, 6) is -2.38. The number of aliphatic hydroxyl groups is 1. The van der Waals surface area contributed by atoms with Crippen LogP contribution in [0, 0.1) is 0 Å². The summed E-state index contributed by atoms with van der Waals surface area (Å²) in [6, 6.07) is -1.38. The van der Waals surface area contributed by atoms with Crippen molar-refractivity contribution in [2.24, 2.45) is 0 Å². The first-order chi connectivity index (χ1) is 25.3. The maximum absolute atomic E-state index is 12.7. The third-order valence-corrected chi connectivity index (χ3v) is 8.48. The van der Waals surface area contributed by atoms with Gasteiger partial charge in [0.05, 0.1) is 13.2 Å². The third-order valence-electron chi connectivity index (χ3n) is 8.48. The molecule has 0 rings (SSSR count). The zero-order valence-electron chi connectivity index (χ0n) is 32.5. The van der Waals surface area contributed by atoms with E-state index in [1.807, 2.05) is 0 Å². The highest BCUT2D eigenvalue weighted by atomic mass is 16.5. The van der Waals surface area contributed by atoms with Crippen LogP contribution in [-0.4, -0.2) is 59.3 Å². The van der Waals surface area contributed by atoms with Gasteiger partial charge in [0, 0.05) is 12.8 Å². The standard InChI is InChI=1S/C43H72N2O7/c1-3-5-7-9-11-13-14-15-16-17-18-19-21-27-31-35-42(49)52-38(32-28-24-20-12-10-8-6-4-2)33-29-25-22-23-26-30-34-40(47)44-36-41(48)45-39(37-46)43(50)51/h5,7,11,13,15-16,18-19,28,32,38-39,46H,3-4,6,8-10,12,14,17,20-27,29-31,33-37H2,1-2H3,(H,44,47)(H,45,48)(H,50,51)/b7-5-,13-11-,16-15-,19-18-,32-28-. The SMILES string of the molecule is CC/C=C\C/C=C\C/C=C\C/C=C\CCCCC(=O)OC(/C=C\CCCCCCCC)CCCCCCCCC(=O)NCC(=O)NC(CO)C(=O)O. The normalized spacial score (nSPS) is 13.1. The number of hydrogen-bond acceptors (Lipinski definition) is 6. The molecule has 0 spiro atoms. The molecule has 0 bridgehead atoms. The molecule has 0 fully saturated rings. The molecule has 2 atom stereocenters. The largest absolute Gasteiger partial charge is 0.480 e. The molecule has 0 aliphatic rings. The van der Waals surface area contributed by atoms with Gasteiger partial charge in [-0.05, 0) is 83.1 Å². The van der Waals surface area contributed by atoms with Crippen LogP contribution in [0.3, 0.4) is 0 Å². The van der Waals surface area contributed by atoms with Gasteiger partial charge in [-0.25, -0.2) is 4.79 Å². The fourth-order valence-corrected chi connectivity index (χ4v) is 5.38. The predicted octanol–water partition coefficient (Wildman–Crippen LogP) is 9.37. The summed E-state index contributed by atoms with van der Waals surface area (Å²) >= 11 is 0. The van der Waals surface area contributed by atoms with Crippen LogP contribution in [0.2, 0.25) is 0 Å². The molecule has 2 unspecified atom stereocenters. The number of carboxylic acids is 1. The van der Waals surface area contributed by atoms with Crippen molar-refractivity contribution in [1.82, 2.24) is 10.6 Å². The first-order valence-corrected chi connectivity index (χ1v) is 20.2. The van der Waals surface area contributed by atoms with Gasteiger partial charge < -0.3 is 25.6 Å². The van der Waals surface area contributed by atoms with E-state index < -0.39 is 24.5 Å². The van der Waals surface area contributed by atoms with Crippen molar-refractivity contribution >= 4 is 23.8 Å². The molecule has 9 heteroatoms. The van der Waals surface area contributed by atoms with E-state index in [2.05, 4.69) is 85.2 Å². The van der Waals surface area contributed by atoms with Crippen molar-refractivity contribution in [1.29, 1.82) is 0 Å². The molecule has 0 saturated carbocycles. The number of nitrogens with one attached hydrogen (secondary N) is 2. The zero-order valence-corrected chi connectivity index (χ0v) is 32.5. The van der Waals surface area contributed by atoms with E-state index in [1.165, 1.54) is 32.1 Å². The van der Waals surface area contributed by atoms with E-state index in [4.69, 9.17) is 14.9 Å². The molecule has 0 aromatic carbocycles. The van der Waals surface area contributed by atoms with Gasteiger partial charge in [-0.1, -0.05) is 126 Å². The third kappa shape index (κ3) is 33.7. The molecule has 4 N–H and O–H groups in total. The van der Waals surface area contributed by atoms with Crippen molar-refractivity contribution < 1.29 is 34.1 Å². The number of aliphatic carboxylic acids is 1. The van der Waals surface area contributed by atoms with Gasteiger partial charge in [0.25, 0.3) is 0 Å². The number of hydrogen-bond donors (Lipinski definition) is 4. The van der Waals surface area contributed by atoms with E-state index in [-0.39, 0.29) is 24.5 Å². The zero-order chi connectivity index (χ0) is 38.3. The molecule has 0 aromatic heterocycles. The van der Waals surface area contributed by atoms with Crippen molar-refractivity contribution in [3.8, 4) is 0 Å². The minimum Gasteiger partial charge on any atom is -0.480 e. The highest BCUT2D eigenvalue weighted by Gasteiger charge is 2.18. The van der Waals surface area contributed by atoms with Gasteiger partial charge in [0.1, 0.15) is 12.1 Å². The van der Waals surface area contributed by atoms with E-state index in [9.17, 15) is 19.2 Å². The number of ether oxygens (including phenoxy) is 1. The van der Waals surface area contributed by atoms with Gasteiger partial charge in [0.2, 0.25) is 11.8 Å². The number of amides is 2. The molecule has 0 aliphatic carbocycles. The van der Waals surface area contributed by atoms with Crippen LogP contribution in [0.5, 0.6) is 0 Å². The van der Waals surface area contributed by atoms with Crippen molar-refractivity contribution in [3.63, 3.8) is 0 Å². The number of rotatable bonds is 35. The molecular weight excluding hydrogens is 656 g/mol. The first-order valence-electron chi connectivity index (χ1n) is 20.2. The van der Waals surface area contributed by atoms with E-state index in [0.717, 1.165) is 96.3 Å². The van der Waals surface area contributed by atoms with Crippen molar-refractivity contribution in [3.05, 3.63) is 60.8 Å². The summed E-state index contributed by atoms with van der Waals surface area (Å²) in [6.07, 6.45) is 44.1. The number of aliphatic hydroxyl groups excluding tert-OH is 1. The monoisotopic (exact) mass is 729 g/mol. The van der Waals surface area contributed by atoms with Crippen molar-refractivity contribution in [2.75, 3.05) is 13.2 Å². The van der Waals surface area contributed by atoms with Crippen LogP contribution in [0.15, 0.2) is 60.8 Å². The van der Waals surface area contributed by atoms with Crippen LogP contribution in [-0.2, 0) is 23.9 Å². The topological polar surface area (TPSA) is 142 Å². The number of esters is 1. The van der Waals surface area contributed by atoms with E-state index >= 15 is 0 Å². The number of unbranched alkanes of at least 4 members (excludes halogenated alkanes) is 13. The Kier molecular flexibility index (Phi) is 34.8. The summed E-state index contributed by atoms with van der Waals surface area (Å²) < 4.78 is 5.90. The van der Waals surface area contributed by atoms with E-state index in [0.29, 0.717) is 19.3 Å². The van der Waals surface area contributed by atoms with Gasteiger partial charge in [0.15, 0.2) is 0 Å². The lowest BCUT2D eigenvalue weighted by molar-refractivity contribution is -0.147. The second-order valence-electron chi connectivity index (χ2n) is 13.3. The summed E-state index contributed by atoms with van der Waals surface area (Å²) in [4.78, 5) is 47.3. The Morgan fingerprint density at radius 2 is 1.15 bits per heavy atom. The second kappa shape index (κ2) is 37.3. The van der Waals surface area contributed by atoms with E-state index in [1.54, 1.807) is 0 Å². The molecule has 0 saturated heterocycles. The molecular formula is C43H72N2O7.